The summed E-state index contributed by atoms with van der Waals surface area (Å²) in [6.07, 6.45) is 0.739. The summed E-state index contributed by atoms with van der Waals surface area (Å²) in [7, 11) is 0. The molecule has 1 aromatic carbocycles. The Hall–Kier alpha value is -2.28. The molecule has 130 valence electrons. The van der Waals surface area contributed by atoms with Gasteiger partial charge in [-0.1, -0.05) is 29.8 Å². The molecule has 0 saturated carbocycles. The van der Waals surface area contributed by atoms with Crippen molar-refractivity contribution in [3.05, 3.63) is 34.9 Å². The summed E-state index contributed by atoms with van der Waals surface area (Å²) in [6, 6.07) is 7.35. The van der Waals surface area contributed by atoms with Gasteiger partial charge in [-0.3, -0.25) is 14.7 Å². The molecule has 2 rings (SSSR count). The molecular weight excluding hydrogens is 330 g/mol. The minimum Gasteiger partial charge on any atom is -0.357 e. The second kappa shape index (κ2) is 9.12. The fourth-order valence-electron chi connectivity index (χ4n) is 2.30. The molecule has 3 N–H and O–H groups in total. The molecule has 7 nitrogen and oxygen atoms in total. The van der Waals surface area contributed by atoms with Gasteiger partial charge in [-0.05, 0) is 25.0 Å². The van der Waals surface area contributed by atoms with Gasteiger partial charge in [0.2, 0.25) is 5.91 Å². The molecule has 0 spiro atoms. The summed E-state index contributed by atoms with van der Waals surface area (Å²) in [4.78, 5) is 28.6. The lowest BCUT2D eigenvalue weighted by Crippen LogP contribution is -2.43. The van der Waals surface area contributed by atoms with Crippen molar-refractivity contribution in [2.24, 2.45) is 4.99 Å². The number of benzene rings is 1. The SMILES string of the molecule is CCNC(=NCCc1ccccc1Cl)NCCN1C(=O)CNC1=O. The monoisotopic (exact) mass is 351 g/mol. The van der Waals surface area contributed by atoms with Crippen LogP contribution in [0.25, 0.3) is 0 Å². The van der Waals surface area contributed by atoms with Crippen molar-refractivity contribution in [2.45, 2.75) is 13.3 Å². The first kappa shape index (κ1) is 18.1. The zero-order valence-corrected chi connectivity index (χ0v) is 14.4. The summed E-state index contributed by atoms with van der Waals surface area (Å²) in [6.45, 7) is 4.10. The molecule has 1 aliphatic heterocycles. The third-order valence-electron chi connectivity index (χ3n) is 3.52. The quantitative estimate of drug-likeness (QED) is 0.388. The topological polar surface area (TPSA) is 85.8 Å². The van der Waals surface area contributed by atoms with E-state index < -0.39 is 0 Å². The number of hydrogen-bond donors (Lipinski definition) is 3. The number of urea groups is 1. The number of nitrogens with one attached hydrogen (secondary N) is 3. The van der Waals surface area contributed by atoms with E-state index in [1.54, 1.807) is 0 Å². The number of carbonyl (C=O) groups excluding carboxylic acids is 2. The van der Waals surface area contributed by atoms with E-state index in [-0.39, 0.29) is 18.5 Å². The van der Waals surface area contributed by atoms with Crippen molar-refractivity contribution in [3.8, 4) is 0 Å². The van der Waals surface area contributed by atoms with Crippen molar-refractivity contribution in [1.29, 1.82) is 0 Å². The van der Waals surface area contributed by atoms with E-state index in [2.05, 4.69) is 20.9 Å². The van der Waals surface area contributed by atoms with Gasteiger partial charge in [0.05, 0.1) is 6.54 Å². The van der Waals surface area contributed by atoms with Gasteiger partial charge >= 0.3 is 6.03 Å². The molecule has 8 heteroatoms. The zero-order chi connectivity index (χ0) is 17.4. The van der Waals surface area contributed by atoms with Crippen LogP contribution in [0.15, 0.2) is 29.3 Å². The number of nitrogens with zero attached hydrogens (tertiary/aromatic N) is 2. The Morgan fingerprint density at radius 2 is 2.12 bits per heavy atom. The van der Waals surface area contributed by atoms with Crippen LogP contribution >= 0.6 is 11.6 Å². The predicted octanol–water partition coefficient (Wildman–Crippen LogP) is 0.989. The number of hydrogen-bond acceptors (Lipinski definition) is 3. The molecule has 1 fully saturated rings. The highest BCUT2D eigenvalue weighted by Gasteiger charge is 2.27. The normalized spacial score (nSPS) is 14.8. The molecule has 1 heterocycles. The van der Waals surface area contributed by atoms with Crippen LogP contribution in [0.1, 0.15) is 12.5 Å². The highest BCUT2D eigenvalue weighted by molar-refractivity contribution is 6.31. The average Bonchev–Trinajstić information content (AvgIpc) is 2.88. The maximum atomic E-state index is 11.5. The van der Waals surface area contributed by atoms with Gasteiger partial charge in [-0.2, -0.15) is 0 Å². The number of aliphatic imine (C=N–C) groups is 1. The summed E-state index contributed by atoms with van der Waals surface area (Å²) >= 11 is 6.13. The first-order valence-electron chi connectivity index (χ1n) is 7.95. The maximum Gasteiger partial charge on any atom is 0.324 e. The Kier molecular flexibility index (Phi) is 6.87. The van der Waals surface area contributed by atoms with E-state index in [0.717, 1.165) is 23.6 Å². The van der Waals surface area contributed by atoms with Crippen molar-refractivity contribution >= 4 is 29.5 Å². The van der Waals surface area contributed by atoms with Gasteiger partial charge in [-0.15, -0.1) is 0 Å². The Balaban J connectivity index is 1.81. The van der Waals surface area contributed by atoms with Crippen LogP contribution < -0.4 is 16.0 Å². The van der Waals surface area contributed by atoms with Gasteiger partial charge in [0, 0.05) is 31.2 Å². The Morgan fingerprint density at radius 1 is 1.33 bits per heavy atom. The molecule has 1 aliphatic rings. The molecule has 0 unspecified atom stereocenters. The van der Waals surface area contributed by atoms with Gasteiger partial charge in [0.25, 0.3) is 0 Å². The van der Waals surface area contributed by atoms with Gasteiger partial charge in [-0.25, -0.2) is 4.79 Å². The standard InChI is InChI=1S/C16H22ClN5O2/c1-2-18-15(19-8-7-12-5-3-4-6-13(12)17)20-9-10-22-14(23)11-21-16(22)24/h3-6H,2,7-11H2,1H3,(H,21,24)(H2,18,19,20). The van der Waals surface area contributed by atoms with Crippen LogP contribution in [-0.4, -0.2) is 55.5 Å². The van der Waals surface area contributed by atoms with E-state index in [4.69, 9.17) is 11.6 Å². The Bertz CT molecular complexity index is 604. The molecule has 0 aromatic heterocycles. The number of guanidine groups is 1. The largest absolute Gasteiger partial charge is 0.357 e. The van der Waals surface area contributed by atoms with E-state index in [1.165, 1.54) is 4.90 Å². The molecule has 0 radical (unpaired) electrons. The number of imide groups is 1. The lowest BCUT2D eigenvalue weighted by molar-refractivity contribution is -0.124. The molecular formula is C16H22ClN5O2. The van der Waals surface area contributed by atoms with Gasteiger partial charge < -0.3 is 16.0 Å². The molecule has 3 amide bonds. The number of rotatable bonds is 7. The summed E-state index contributed by atoms with van der Waals surface area (Å²) in [5.74, 6) is 0.444. The first-order valence-corrected chi connectivity index (χ1v) is 8.33. The molecule has 0 atom stereocenters. The van der Waals surface area contributed by atoms with E-state index in [9.17, 15) is 9.59 Å². The van der Waals surface area contributed by atoms with Crippen LogP contribution in [0.2, 0.25) is 5.02 Å². The fourth-order valence-corrected chi connectivity index (χ4v) is 2.53. The molecule has 24 heavy (non-hydrogen) atoms. The van der Waals surface area contributed by atoms with E-state index in [0.29, 0.717) is 25.6 Å². The maximum absolute atomic E-state index is 11.5. The van der Waals surface area contributed by atoms with Gasteiger partial charge in [0.15, 0.2) is 5.96 Å². The third-order valence-corrected chi connectivity index (χ3v) is 3.89. The molecule has 1 saturated heterocycles. The summed E-state index contributed by atoms with van der Waals surface area (Å²) < 4.78 is 0. The van der Waals surface area contributed by atoms with Crippen LogP contribution in [-0.2, 0) is 11.2 Å². The highest BCUT2D eigenvalue weighted by Crippen LogP contribution is 2.15. The van der Waals surface area contributed by atoms with Crippen LogP contribution in [0, 0.1) is 0 Å². The lowest BCUT2D eigenvalue weighted by atomic mass is 10.1. The fraction of sp³-hybridized carbons (Fsp3) is 0.438. The highest BCUT2D eigenvalue weighted by atomic mass is 35.5. The summed E-state index contributed by atoms with van der Waals surface area (Å²) in [5, 5.41) is 9.49. The molecule has 0 bridgehead atoms. The average molecular weight is 352 g/mol. The van der Waals surface area contributed by atoms with Crippen LogP contribution in [0.4, 0.5) is 4.79 Å². The molecule has 0 aliphatic carbocycles. The number of halogens is 1. The van der Waals surface area contributed by atoms with Crippen molar-refractivity contribution in [3.63, 3.8) is 0 Å². The van der Waals surface area contributed by atoms with Crippen LogP contribution in [0.5, 0.6) is 0 Å². The second-order valence-corrected chi connectivity index (χ2v) is 5.64. The second-order valence-electron chi connectivity index (χ2n) is 5.23. The number of carbonyl (C=O) groups is 2. The van der Waals surface area contributed by atoms with E-state index in [1.807, 2.05) is 31.2 Å². The Labute approximate surface area is 146 Å². The van der Waals surface area contributed by atoms with Crippen molar-refractivity contribution in [1.82, 2.24) is 20.9 Å². The zero-order valence-electron chi connectivity index (χ0n) is 13.6. The predicted molar refractivity (Wildman–Crippen MR) is 94.2 cm³/mol. The summed E-state index contributed by atoms with van der Waals surface area (Å²) in [5.41, 5.74) is 1.05. The minimum absolute atomic E-state index is 0.0742. The molecule has 1 aromatic rings. The minimum atomic E-state index is -0.345. The first-order chi connectivity index (χ1) is 11.6. The van der Waals surface area contributed by atoms with E-state index >= 15 is 0 Å². The van der Waals surface area contributed by atoms with Crippen molar-refractivity contribution < 1.29 is 9.59 Å². The van der Waals surface area contributed by atoms with Crippen LogP contribution in [0.3, 0.4) is 0 Å². The smallest absolute Gasteiger partial charge is 0.324 e. The Morgan fingerprint density at radius 3 is 2.79 bits per heavy atom. The number of amides is 3. The third kappa shape index (κ3) is 5.13. The van der Waals surface area contributed by atoms with Gasteiger partial charge in [0.1, 0.15) is 0 Å². The lowest BCUT2D eigenvalue weighted by Gasteiger charge is -2.15. The van der Waals surface area contributed by atoms with Crippen molar-refractivity contribution in [2.75, 3.05) is 32.7 Å².